The van der Waals surface area contributed by atoms with E-state index in [0.717, 1.165) is 6.42 Å². The molecule has 2 saturated heterocycles. The zero-order valence-corrected chi connectivity index (χ0v) is 11.2. The van der Waals surface area contributed by atoms with Gasteiger partial charge in [0.15, 0.2) is 0 Å². The molecule has 2 atom stereocenters. The number of piperidine rings is 1. The highest BCUT2D eigenvalue weighted by Gasteiger charge is 2.39. The lowest BCUT2D eigenvalue weighted by Gasteiger charge is -2.33. The predicted molar refractivity (Wildman–Crippen MR) is 72.0 cm³/mol. The van der Waals surface area contributed by atoms with Gasteiger partial charge in [-0.3, -0.25) is 9.59 Å². The molecule has 0 aliphatic carbocycles. The summed E-state index contributed by atoms with van der Waals surface area (Å²) in [7, 11) is 0. The fourth-order valence-electron chi connectivity index (χ4n) is 2.91. The number of amides is 2. The molecular formula is C14H15ClN2O2. The molecule has 0 bridgehead atoms. The van der Waals surface area contributed by atoms with Crippen molar-refractivity contribution in [1.29, 1.82) is 0 Å². The van der Waals surface area contributed by atoms with Crippen LogP contribution < -0.4 is 5.32 Å². The Labute approximate surface area is 116 Å². The lowest BCUT2D eigenvalue weighted by molar-refractivity contribution is -0.123. The SMILES string of the molecule is O=C1NC[C@@H]2CN(C(=O)c3ccc(Cl)cc3)CCC12. The molecule has 0 aromatic heterocycles. The molecule has 100 valence electrons. The molecule has 5 heteroatoms. The number of hydrogen-bond donors (Lipinski definition) is 1. The Morgan fingerprint density at radius 2 is 2.05 bits per heavy atom. The van der Waals surface area contributed by atoms with Crippen LogP contribution in [0.5, 0.6) is 0 Å². The van der Waals surface area contributed by atoms with Crippen LogP contribution >= 0.6 is 11.6 Å². The van der Waals surface area contributed by atoms with Crippen LogP contribution in [0.15, 0.2) is 24.3 Å². The normalized spacial score (nSPS) is 25.9. The maximum atomic E-state index is 12.4. The van der Waals surface area contributed by atoms with Crippen LogP contribution in [0.4, 0.5) is 0 Å². The van der Waals surface area contributed by atoms with Gasteiger partial charge in [0.25, 0.3) is 5.91 Å². The van der Waals surface area contributed by atoms with Gasteiger partial charge in [-0.25, -0.2) is 0 Å². The first-order chi connectivity index (χ1) is 9.15. The van der Waals surface area contributed by atoms with Gasteiger partial charge in [0.1, 0.15) is 0 Å². The van der Waals surface area contributed by atoms with Crippen molar-refractivity contribution < 1.29 is 9.59 Å². The first kappa shape index (κ1) is 12.5. The van der Waals surface area contributed by atoms with Gasteiger partial charge in [-0.1, -0.05) is 11.6 Å². The van der Waals surface area contributed by atoms with Crippen molar-refractivity contribution in [1.82, 2.24) is 10.2 Å². The standard InChI is InChI=1S/C14H15ClN2O2/c15-11-3-1-9(2-4-11)14(19)17-6-5-12-10(8-17)7-16-13(12)18/h1-4,10,12H,5-8H2,(H,16,18)/t10-,12?/m1/s1. The molecule has 19 heavy (non-hydrogen) atoms. The van der Waals surface area contributed by atoms with E-state index in [2.05, 4.69) is 5.32 Å². The zero-order valence-electron chi connectivity index (χ0n) is 10.4. The summed E-state index contributed by atoms with van der Waals surface area (Å²) in [6.45, 7) is 1.99. The van der Waals surface area contributed by atoms with Crippen molar-refractivity contribution in [3.05, 3.63) is 34.9 Å². The number of likely N-dealkylation sites (tertiary alicyclic amines) is 1. The molecule has 4 nitrogen and oxygen atoms in total. The maximum absolute atomic E-state index is 12.4. The second-order valence-corrected chi connectivity index (χ2v) is 5.59. The number of rotatable bonds is 1. The van der Waals surface area contributed by atoms with E-state index in [-0.39, 0.29) is 23.7 Å². The first-order valence-corrected chi connectivity index (χ1v) is 6.85. The molecular weight excluding hydrogens is 264 g/mol. The van der Waals surface area contributed by atoms with Gasteiger partial charge in [-0.05, 0) is 30.7 Å². The quantitative estimate of drug-likeness (QED) is 0.847. The number of carbonyl (C=O) groups excluding carboxylic acids is 2. The second-order valence-electron chi connectivity index (χ2n) is 5.16. The fraction of sp³-hybridized carbons (Fsp3) is 0.429. The monoisotopic (exact) mass is 278 g/mol. The van der Waals surface area contributed by atoms with Crippen LogP contribution in [0.2, 0.25) is 5.02 Å². The third-order valence-corrected chi connectivity index (χ3v) is 4.24. The van der Waals surface area contributed by atoms with E-state index in [0.29, 0.717) is 30.2 Å². The van der Waals surface area contributed by atoms with Gasteiger partial charge in [-0.15, -0.1) is 0 Å². The second kappa shape index (κ2) is 4.85. The molecule has 2 aliphatic heterocycles. The minimum absolute atomic E-state index is 0.0227. The summed E-state index contributed by atoms with van der Waals surface area (Å²) in [4.78, 5) is 25.8. The number of benzene rings is 1. The Kier molecular flexibility index (Phi) is 3.19. The molecule has 1 aromatic carbocycles. The molecule has 1 unspecified atom stereocenters. The summed E-state index contributed by atoms with van der Waals surface area (Å²) in [6.07, 6.45) is 0.760. The highest BCUT2D eigenvalue weighted by atomic mass is 35.5. The Balaban J connectivity index is 1.72. The number of carbonyl (C=O) groups is 2. The van der Waals surface area contributed by atoms with Crippen molar-refractivity contribution >= 4 is 23.4 Å². The zero-order chi connectivity index (χ0) is 13.4. The molecule has 0 radical (unpaired) electrons. The third kappa shape index (κ3) is 2.32. The van der Waals surface area contributed by atoms with Crippen molar-refractivity contribution in [2.75, 3.05) is 19.6 Å². The van der Waals surface area contributed by atoms with Gasteiger partial charge in [0, 0.05) is 42.1 Å². The molecule has 0 spiro atoms. The van der Waals surface area contributed by atoms with E-state index in [1.54, 1.807) is 24.3 Å². The Bertz CT molecular complexity index is 515. The van der Waals surface area contributed by atoms with Crippen LogP contribution in [0.3, 0.4) is 0 Å². The molecule has 2 heterocycles. The largest absolute Gasteiger partial charge is 0.355 e. The predicted octanol–water partition coefficient (Wildman–Crippen LogP) is 1.55. The minimum Gasteiger partial charge on any atom is -0.355 e. The molecule has 0 saturated carbocycles. The van der Waals surface area contributed by atoms with Crippen molar-refractivity contribution in [2.24, 2.45) is 11.8 Å². The van der Waals surface area contributed by atoms with E-state index in [1.807, 2.05) is 4.90 Å². The van der Waals surface area contributed by atoms with E-state index < -0.39 is 0 Å². The van der Waals surface area contributed by atoms with Gasteiger partial charge in [-0.2, -0.15) is 0 Å². The van der Waals surface area contributed by atoms with Crippen molar-refractivity contribution in [3.63, 3.8) is 0 Å². The average molecular weight is 279 g/mol. The Morgan fingerprint density at radius 1 is 1.32 bits per heavy atom. The molecule has 2 fully saturated rings. The van der Waals surface area contributed by atoms with Gasteiger partial charge >= 0.3 is 0 Å². The van der Waals surface area contributed by atoms with Crippen molar-refractivity contribution in [2.45, 2.75) is 6.42 Å². The van der Waals surface area contributed by atoms with E-state index >= 15 is 0 Å². The number of halogens is 1. The summed E-state index contributed by atoms with van der Waals surface area (Å²) < 4.78 is 0. The van der Waals surface area contributed by atoms with Gasteiger partial charge < -0.3 is 10.2 Å². The Hall–Kier alpha value is -1.55. The Morgan fingerprint density at radius 3 is 2.79 bits per heavy atom. The lowest BCUT2D eigenvalue weighted by Crippen LogP contribution is -2.44. The summed E-state index contributed by atoms with van der Waals surface area (Å²) >= 11 is 5.82. The third-order valence-electron chi connectivity index (χ3n) is 3.99. The van der Waals surface area contributed by atoms with Crippen LogP contribution in [0.1, 0.15) is 16.8 Å². The maximum Gasteiger partial charge on any atom is 0.253 e. The summed E-state index contributed by atoms with van der Waals surface area (Å²) in [5.41, 5.74) is 0.653. The van der Waals surface area contributed by atoms with E-state index in [9.17, 15) is 9.59 Å². The number of fused-ring (bicyclic) bond motifs is 1. The van der Waals surface area contributed by atoms with Crippen LogP contribution in [0.25, 0.3) is 0 Å². The van der Waals surface area contributed by atoms with Crippen molar-refractivity contribution in [3.8, 4) is 0 Å². The smallest absolute Gasteiger partial charge is 0.253 e. The summed E-state index contributed by atoms with van der Waals surface area (Å²) in [5, 5.41) is 3.50. The highest BCUT2D eigenvalue weighted by Crippen LogP contribution is 2.28. The number of hydrogen-bond acceptors (Lipinski definition) is 2. The van der Waals surface area contributed by atoms with E-state index in [1.165, 1.54) is 0 Å². The van der Waals surface area contributed by atoms with Gasteiger partial charge in [0.2, 0.25) is 5.91 Å². The molecule has 1 N–H and O–H groups in total. The molecule has 1 aromatic rings. The van der Waals surface area contributed by atoms with E-state index in [4.69, 9.17) is 11.6 Å². The first-order valence-electron chi connectivity index (χ1n) is 6.47. The molecule has 2 aliphatic rings. The van der Waals surface area contributed by atoms with Crippen LogP contribution in [-0.4, -0.2) is 36.3 Å². The lowest BCUT2D eigenvalue weighted by atomic mass is 9.88. The summed E-state index contributed by atoms with van der Waals surface area (Å²) in [6, 6.07) is 6.94. The highest BCUT2D eigenvalue weighted by molar-refractivity contribution is 6.30. The molecule has 2 amide bonds. The molecule has 3 rings (SSSR count). The fourth-order valence-corrected chi connectivity index (χ4v) is 3.03. The average Bonchev–Trinajstić information content (AvgIpc) is 2.80. The summed E-state index contributed by atoms with van der Waals surface area (Å²) in [5.74, 6) is 0.518. The number of nitrogens with zero attached hydrogens (tertiary/aromatic N) is 1. The minimum atomic E-state index is 0.0227. The van der Waals surface area contributed by atoms with Gasteiger partial charge in [0.05, 0.1) is 0 Å². The topological polar surface area (TPSA) is 49.4 Å². The van der Waals surface area contributed by atoms with Crippen LogP contribution in [-0.2, 0) is 4.79 Å². The van der Waals surface area contributed by atoms with Crippen LogP contribution in [0, 0.1) is 11.8 Å². The number of nitrogens with one attached hydrogen (secondary N) is 1.